The molecule has 2 amide bonds. The van der Waals surface area contributed by atoms with Crippen LogP contribution >= 0.6 is 11.8 Å². The number of amides is 2. The fourth-order valence-electron chi connectivity index (χ4n) is 2.70. The third-order valence-corrected chi connectivity index (χ3v) is 4.73. The Labute approximate surface area is 106 Å². The zero-order valence-corrected chi connectivity index (χ0v) is 10.9. The minimum Gasteiger partial charge on any atom is -0.329 e. The topological polar surface area (TPSA) is 63.4 Å². The Balaban J connectivity index is 1.89. The average molecular weight is 256 g/mol. The van der Waals surface area contributed by atoms with E-state index in [2.05, 4.69) is 0 Å². The van der Waals surface area contributed by atoms with Crippen LogP contribution in [-0.2, 0) is 4.79 Å². The molecule has 0 unspecified atom stereocenters. The Morgan fingerprint density at radius 3 is 2.59 bits per heavy atom. The van der Waals surface area contributed by atoms with Crippen molar-refractivity contribution in [2.24, 2.45) is 11.7 Å². The average Bonchev–Trinajstić information content (AvgIpc) is 2.59. The summed E-state index contributed by atoms with van der Waals surface area (Å²) in [6.07, 6.45) is 7.18. The van der Waals surface area contributed by atoms with Gasteiger partial charge in [-0.3, -0.25) is 14.5 Å². The predicted octanol–water partition coefficient (Wildman–Crippen LogP) is 1.98. The van der Waals surface area contributed by atoms with Gasteiger partial charge >= 0.3 is 0 Å². The first-order valence-electron chi connectivity index (χ1n) is 6.44. The number of rotatable bonds is 4. The van der Waals surface area contributed by atoms with E-state index in [0.29, 0.717) is 19.0 Å². The Morgan fingerprint density at radius 1 is 1.24 bits per heavy atom. The largest absolute Gasteiger partial charge is 0.329 e. The van der Waals surface area contributed by atoms with Crippen LogP contribution in [0, 0.1) is 5.92 Å². The summed E-state index contributed by atoms with van der Waals surface area (Å²) in [6, 6.07) is 0. The molecule has 0 bridgehead atoms. The lowest BCUT2D eigenvalue weighted by Crippen LogP contribution is -2.36. The normalized spacial score (nSPS) is 26.9. The predicted molar refractivity (Wildman–Crippen MR) is 68.7 cm³/mol. The van der Waals surface area contributed by atoms with Crippen LogP contribution in [0.5, 0.6) is 0 Å². The maximum atomic E-state index is 12.0. The molecule has 0 aromatic carbocycles. The van der Waals surface area contributed by atoms with Crippen molar-refractivity contribution < 1.29 is 9.59 Å². The molecule has 0 radical (unpaired) electrons. The molecule has 2 N–H and O–H groups in total. The summed E-state index contributed by atoms with van der Waals surface area (Å²) in [7, 11) is 0. The van der Waals surface area contributed by atoms with Crippen LogP contribution in [0.1, 0.15) is 38.5 Å². The molecule has 96 valence electrons. The first-order chi connectivity index (χ1) is 8.22. The highest BCUT2D eigenvalue weighted by Gasteiger charge is 2.39. The van der Waals surface area contributed by atoms with Gasteiger partial charge < -0.3 is 5.73 Å². The highest BCUT2D eigenvalue weighted by molar-refractivity contribution is 8.15. The van der Waals surface area contributed by atoms with E-state index in [9.17, 15) is 9.59 Å². The summed E-state index contributed by atoms with van der Waals surface area (Å²) < 4.78 is 0. The number of imide groups is 1. The maximum Gasteiger partial charge on any atom is 0.289 e. The first kappa shape index (κ1) is 12.9. The Kier molecular flexibility index (Phi) is 4.45. The van der Waals surface area contributed by atoms with E-state index in [-0.39, 0.29) is 16.4 Å². The number of nitrogens with zero attached hydrogens (tertiary/aromatic N) is 1. The molecule has 2 aliphatic rings. The van der Waals surface area contributed by atoms with Gasteiger partial charge in [-0.1, -0.05) is 43.9 Å². The van der Waals surface area contributed by atoms with E-state index >= 15 is 0 Å². The van der Waals surface area contributed by atoms with Crippen molar-refractivity contribution in [3.63, 3.8) is 0 Å². The fraction of sp³-hybridized carbons (Fsp3) is 0.833. The van der Waals surface area contributed by atoms with Crippen LogP contribution in [0.3, 0.4) is 0 Å². The lowest BCUT2D eigenvalue weighted by atomic mass is 9.86. The van der Waals surface area contributed by atoms with Crippen LogP contribution in [0.25, 0.3) is 0 Å². The van der Waals surface area contributed by atoms with Crippen LogP contribution in [-0.4, -0.2) is 34.4 Å². The van der Waals surface area contributed by atoms with Gasteiger partial charge in [-0.2, -0.15) is 0 Å². The van der Waals surface area contributed by atoms with Crippen molar-refractivity contribution in [1.82, 2.24) is 4.90 Å². The van der Waals surface area contributed by atoms with Gasteiger partial charge in [0.2, 0.25) is 5.91 Å². The van der Waals surface area contributed by atoms with Gasteiger partial charge in [0, 0.05) is 13.1 Å². The summed E-state index contributed by atoms with van der Waals surface area (Å²) >= 11 is 1.20. The Hall–Kier alpha value is -0.550. The van der Waals surface area contributed by atoms with Gasteiger partial charge in [0.1, 0.15) is 0 Å². The van der Waals surface area contributed by atoms with Crippen molar-refractivity contribution in [1.29, 1.82) is 0 Å². The minimum atomic E-state index is -0.142. The highest BCUT2D eigenvalue weighted by atomic mass is 32.2. The molecule has 1 saturated carbocycles. The minimum absolute atomic E-state index is 0.0176. The van der Waals surface area contributed by atoms with Crippen molar-refractivity contribution >= 4 is 22.9 Å². The highest BCUT2D eigenvalue weighted by Crippen LogP contribution is 2.35. The molecule has 1 saturated heterocycles. The summed E-state index contributed by atoms with van der Waals surface area (Å²) in [6.45, 7) is 0.722. The first-order valence-corrected chi connectivity index (χ1v) is 7.32. The molecule has 4 nitrogen and oxygen atoms in total. The second-order valence-electron chi connectivity index (χ2n) is 4.89. The third-order valence-electron chi connectivity index (χ3n) is 3.63. The van der Waals surface area contributed by atoms with E-state index < -0.39 is 0 Å². The molecule has 1 aliphatic carbocycles. The van der Waals surface area contributed by atoms with Gasteiger partial charge in [0.25, 0.3) is 5.24 Å². The molecule has 1 aliphatic heterocycles. The molecular formula is C12H20N2O2S. The molecule has 0 aromatic heterocycles. The van der Waals surface area contributed by atoms with Crippen LogP contribution in [0.4, 0.5) is 4.79 Å². The van der Waals surface area contributed by atoms with Gasteiger partial charge in [-0.25, -0.2) is 0 Å². The number of hydrogen-bond acceptors (Lipinski definition) is 4. The lowest BCUT2D eigenvalue weighted by Gasteiger charge is -2.23. The monoisotopic (exact) mass is 256 g/mol. The molecule has 2 rings (SSSR count). The molecule has 17 heavy (non-hydrogen) atoms. The van der Waals surface area contributed by atoms with E-state index in [1.165, 1.54) is 48.8 Å². The molecule has 0 aromatic rings. The van der Waals surface area contributed by atoms with Crippen molar-refractivity contribution in [2.45, 2.75) is 43.8 Å². The van der Waals surface area contributed by atoms with Gasteiger partial charge in [-0.15, -0.1) is 0 Å². The molecular weight excluding hydrogens is 236 g/mol. The number of hydrogen-bond donors (Lipinski definition) is 1. The Morgan fingerprint density at radius 2 is 1.94 bits per heavy atom. The van der Waals surface area contributed by atoms with E-state index in [4.69, 9.17) is 5.73 Å². The number of nitrogens with two attached hydrogens (primary N) is 1. The van der Waals surface area contributed by atoms with Crippen LogP contribution in [0.15, 0.2) is 0 Å². The molecule has 5 heteroatoms. The van der Waals surface area contributed by atoms with E-state index in [1.807, 2.05) is 0 Å². The maximum absolute atomic E-state index is 12.0. The summed E-state index contributed by atoms with van der Waals surface area (Å²) in [5.41, 5.74) is 5.41. The van der Waals surface area contributed by atoms with Crippen LogP contribution < -0.4 is 5.73 Å². The molecule has 1 heterocycles. The smallest absolute Gasteiger partial charge is 0.289 e. The summed E-state index contributed by atoms with van der Waals surface area (Å²) in [5, 5.41) is -0.251. The Bertz CT molecular complexity index is 303. The summed E-state index contributed by atoms with van der Waals surface area (Å²) in [4.78, 5) is 25.0. The SMILES string of the molecule is NCCN1C(=O)S[C@@H](CC2CCCCC2)C1=O. The van der Waals surface area contributed by atoms with Gasteiger partial charge in [0.15, 0.2) is 0 Å². The molecule has 1 atom stereocenters. The zero-order chi connectivity index (χ0) is 12.3. The van der Waals surface area contributed by atoms with Crippen LogP contribution in [0.2, 0.25) is 0 Å². The van der Waals surface area contributed by atoms with Crippen molar-refractivity contribution in [2.75, 3.05) is 13.1 Å². The van der Waals surface area contributed by atoms with Crippen molar-refractivity contribution in [3.8, 4) is 0 Å². The second-order valence-corrected chi connectivity index (χ2v) is 6.04. The summed E-state index contributed by atoms with van der Waals surface area (Å²) in [5.74, 6) is 0.617. The third kappa shape index (κ3) is 3.01. The molecule has 2 fully saturated rings. The fourth-order valence-corrected chi connectivity index (χ4v) is 3.85. The van der Waals surface area contributed by atoms with Gasteiger partial charge in [0.05, 0.1) is 5.25 Å². The number of carbonyl (C=O) groups is 2. The number of thioether (sulfide) groups is 1. The number of carbonyl (C=O) groups excluding carboxylic acids is 2. The second kappa shape index (κ2) is 5.87. The van der Waals surface area contributed by atoms with Gasteiger partial charge in [-0.05, 0) is 12.3 Å². The van der Waals surface area contributed by atoms with Crippen molar-refractivity contribution in [3.05, 3.63) is 0 Å². The van der Waals surface area contributed by atoms with E-state index in [1.54, 1.807) is 0 Å². The van der Waals surface area contributed by atoms with E-state index in [0.717, 1.165) is 6.42 Å². The quantitative estimate of drug-likeness (QED) is 0.835. The lowest BCUT2D eigenvalue weighted by molar-refractivity contribution is -0.126. The molecule has 0 spiro atoms. The standard InChI is InChI=1S/C12H20N2O2S/c13-6-7-14-11(15)10(17-12(14)16)8-9-4-2-1-3-5-9/h9-10H,1-8,13H2/t10-/m0/s1. The zero-order valence-electron chi connectivity index (χ0n) is 10.1.